The van der Waals surface area contributed by atoms with Gasteiger partial charge in [-0.1, -0.05) is 12.1 Å². The largest absolute Gasteiger partial charge is 0.508 e. The third-order valence-electron chi connectivity index (χ3n) is 7.15. The summed E-state index contributed by atoms with van der Waals surface area (Å²) >= 11 is 0. The fourth-order valence-corrected chi connectivity index (χ4v) is 5.68. The molecule has 7 nitrogen and oxygen atoms in total. The summed E-state index contributed by atoms with van der Waals surface area (Å²) in [6, 6.07) is 14.6. The van der Waals surface area contributed by atoms with Crippen molar-refractivity contribution in [2.75, 3.05) is 10.2 Å². The SMILES string of the molecule is O=C1[C@@H]2C(Cc3ccc(O)cc3)NC3(C(=O)Nc4ccc(F)cc43)[C@@H]2C(=O)N1c1ccc(F)cc1. The first-order chi connectivity index (χ1) is 16.8. The van der Waals surface area contributed by atoms with Crippen LogP contribution in [-0.4, -0.2) is 28.9 Å². The Bertz CT molecular complexity index is 1390. The van der Waals surface area contributed by atoms with Gasteiger partial charge in [-0.3, -0.25) is 19.7 Å². The number of carbonyl (C=O) groups excluding carboxylic acids is 3. The predicted octanol–water partition coefficient (Wildman–Crippen LogP) is 2.84. The Balaban J connectivity index is 1.49. The summed E-state index contributed by atoms with van der Waals surface area (Å²) in [5.41, 5.74) is -0.0338. The second kappa shape index (κ2) is 7.44. The first kappa shape index (κ1) is 21.4. The van der Waals surface area contributed by atoms with E-state index in [1.807, 2.05) is 0 Å². The average Bonchev–Trinajstić information content (AvgIpc) is 3.41. The van der Waals surface area contributed by atoms with Crippen LogP contribution in [0.25, 0.3) is 0 Å². The predicted molar refractivity (Wildman–Crippen MR) is 121 cm³/mol. The van der Waals surface area contributed by atoms with E-state index >= 15 is 0 Å². The van der Waals surface area contributed by atoms with Crippen LogP contribution in [0.4, 0.5) is 20.2 Å². The molecule has 0 bridgehead atoms. The van der Waals surface area contributed by atoms with Crippen molar-refractivity contribution in [1.82, 2.24) is 5.32 Å². The maximum Gasteiger partial charge on any atom is 0.250 e. The molecule has 3 aromatic carbocycles. The third kappa shape index (κ3) is 3.01. The summed E-state index contributed by atoms with van der Waals surface area (Å²) in [7, 11) is 0. The zero-order valence-corrected chi connectivity index (χ0v) is 18.2. The molecule has 3 aliphatic rings. The van der Waals surface area contributed by atoms with Gasteiger partial charge in [-0.15, -0.1) is 0 Å². The van der Waals surface area contributed by atoms with Gasteiger partial charge >= 0.3 is 0 Å². The highest BCUT2D eigenvalue weighted by Gasteiger charge is 2.70. The standard InChI is InChI=1S/C26H19F2N3O4/c27-14-3-6-16(7-4-14)31-23(33)21-20(11-13-1-8-17(32)9-2-13)30-26(22(21)24(31)34)18-12-15(28)5-10-19(18)29-25(26)35/h1-10,12,20-22,30,32H,11H2,(H,29,35)/t20?,21-,22+,26?/m1/s1. The summed E-state index contributed by atoms with van der Waals surface area (Å²) in [6.45, 7) is 0. The highest BCUT2D eigenvalue weighted by molar-refractivity contribution is 6.25. The molecule has 0 saturated carbocycles. The lowest BCUT2D eigenvalue weighted by Gasteiger charge is -2.29. The molecule has 1 spiro atoms. The summed E-state index contributed by atoms with van der Waals surface area (Å²) in [6.07, 6.45) is 0.275. The van der Waals surface area contributed by atoms with E-state index in [-0.39, 0.29) is 23.4 Å². The molecule has 0 aromatic heterocycles. The fraction of sp³-hybridized carbons (Fsp3) is 0.192. The van der Waals surface area contributed by atoms with Gasteiger partial charge < -0.3 is 10.4 Å². The Hall–Kier alpha value is -4.11. The van der Waals surface area contributed by atoms with E-state index in [0.717, 1.165) is 22.6 Å². The maximum absolute atomic E-state index is 14.3. The highest BCUT2D eigenvalue weighted by atomic mass is 19.1. The zero-order valence-electron chi connectivity index (χ0n) is 18.2. The summed E-state index contributed by atoms with van der Waals surface area (Å²) in [5, 5.41) is 15.6. The van der Waals surface area contributed by atoms with Crippen molar-refractivity contribution in [3.8, 4) is 5.75 Å². The van der Waals surface area contributed by atoms with Crippen LogP contribution in [0.3, 0.4) is 0 Å². The molecule has 6 rings (SSSR count). The first-order valence-electron chi connectivity index (χ1n) is 11.1. The first-order valence-corrected chi connectivity index (χ1v) is 11.1. The number of fused-ring (bicyclic) bond motifs is 4. The van der Waals surface area contributed by atoms with Gasteiger partial charge in [0.15, 0.2) is 0 Å². The van der Waals surface area contributed by atoms with Gasteiger partial charge in [0, 0.05) is 17.3 Å². The summed E-state index contributed by atoms with van der Waals surface area (Å²) in [4.78, 5) is 41.9. The van der Waals surface area contributed by atoms with Gasteiger partial charge in [0.1, 0.15) is 22.9 Å². The van der Waals surface area contributed by atoms with Gasteiger partial charge in [-0.2, -0.15) is 0 Å². The normalized spacial score (nSPS) is 26.9. The van der Waals surface area contributed by atoms with Gasteiger partial charge in [-0.25, -0.2) is 13.7 Å². The Morgan fingerprint density at radius 2 is 1.57 bits per heavy atom. The Morgan fingerprint density at radius 1 is 0.886 bits per heavy atom. The number of anilines is 2. The van der Waals surface area contributed by atoms with Crippen molar-refractivity contribution >= 4 is 29.1 Å². The van der Waals surface area contributed by atoms with Gasteiger partial charge in [0.25, 0.3) is 0 Å². The van der Waals surface area contributed by atoms with Crippen LogP contribution in [-0.2, 0) is 26.3 Å². The van der Waals surface area contributed by atoms with Crippen LogP contribution in [0.2, 0.25) is 0 Å². The van der Waals surface area contributed by atoms with E-state index in [1.165, 1.54) is 42.5 Å². The number of phenols is 1. The van der Waals surface area contributed by atoms with Crippen LogP contribution in [0, 0.1) is 23.5 Å². The second-order valence-electron chi connectivity index (χ2n) is 9.07. The van der Waals surface area contributed by atoms with E-state index in [2.05, 4.69) is 10.6 Å². The third-order valence-corrected chi connectivity index (χ3v) is 7.15. The fourth-order valence-electron chi connectivity index (χ4n) is 5.68. The minimum Gasteiger partial charge on any atom is -0.508 e. The monoisotopic (exact) mass is 475 g/mol. The molecule has 3 aliphatic heterocycles. The molecule has 2 unspecified atom stereocenters. The van der Waals surface area contributed by atoms with Crippen molar-refractivity contribution in [2.45, 2.75) is 18.0 Å². The van der Waals surface area contributed by atoms with E-state index in [0.29, 0.717) is 5.69 Å². The molecule has 4 atom stereocenters. The molecule has 2 fully saturated rings. The minimum absolute atomic E-state index is 0.0802. The lowest BCUT2D eigenvalue weighted by atomic mass is 9.76. The van der Waals surface area contributed by atoms with Crippen molar-refractivity contribution in [3.63, 3.8) is 0 Å². The number of imide groups is 1. The van der Waals surface area contributed by atoms with Crippen LogP contribution in [0.5, 0.6) is 5.75 Å². The number of nitrogens with zero attached hydrogens (tertiary/aromatic N) is 1. The van der Waals surface area contributed by atoms with Crippen molar-refractivity contribution in [1.29, 1.82) is 0 Å². The zero-order chi connectivity index (χ0) is 24.5. The molecular formula is C26H19F2N3O4. The number of aromatic hydroxyl groups is 1. The molecule has 35 heavy (non-hydrogen) atoms. The topological polar surface area (TPSA) is 98.7 Å². The number of amides is 3. The Labute approximate surface area is 198 Å². The van der Waals surface area contributed by atoms with Crippen molar-refractivity contribution in [2.24, 2.45) is 11.8 Å². The number of nitrogens with one attached hydrogen (secondary N) is 2. The van der Waals surface area contributed by atoms with Gasteiger partial charge in [0.2, 0.25) is 17.7 Å². The number of rotatable bonds is 3. The van der Waals surface area contributed by atoms with Gasteiger partial charge in [0.05, 0.1) is 17.5 Å². The molecule has 3 heterocycles. The molecule has 3 amide bonds. The minimum atomic E-state index is -1.65. The number of halogens is 2. The quantitative estimate of drug-likeness (QED) is 0.506. The van der Waals surface area contributed by atoms with Crippen LogP contribution >= 0.6 is 0 Å². The smallest absolute Gasteiger partial charge is 0.250 e. The maximum atomic E-state index is 14.3. The number of benzene rings is 3. The molecule has 2 saturated heterocycles. The van der Waals surface area contributed by atoms with Gasteiger partial charge in [-0.05, 0) is 66.6 Å². The van der Waals surface area contributed by atoms with E-state index < -0.39 is 52.8 Å². The second-order valence-corrected chi connectivity index (χ2v) is 9.07. The average molecular weight is 475 g/mol. The molecule has 0 radical (unpaired) electrons. The summed E-state index contributed by atoms with van der Waals surface area (Å²) < 4.78 is 27.8. The molecule has 3 aromatic rings. The van der Waals surface area contributed by atoms with Crippen LogP contribution in [0.1, 0.15) is 11.1 Å². The molecule has 0 aliphatic carbocycles. The Kier molecular flexibility index (Phi) is 4.56. The molecule has 176 valence electrons. The number of hydrogen-bond acceptors (Lipinski definition) is 5. The van der Waals surface area contributed by atoms with E-state index in [1.54, 1.807) is 12.1 Å². The lowest BCUT2D eigenvalue weighted by molar-refractivity contribution is -0.130. The Morgan fingerprint density at radius 3 is 2.29 bits per heavy atom. The highest BCUT2D eigenvalue weighted by Crippen LogP contribution is 2.54. The van der Waals surface area contributed by atoms with Crippen molar-refractivity contribution < 1.29 is 28.3 Å². The van der Waals surface area contributed by atoms with E-state index in [9.17, 15) is 28.3 Å². The molecule has 9 heteroatoms. The summed E-state index contributed by atoms with van der Waals surface area (Å²) in [5.74, 6) is -4.74. The van der Waals surface area contributed by atoms with Crippen LogP contribution < -0.4 is 15.5 Å². The molecule has 3 N–H and O–H groups in total. The number of carbonyl (C=O) groups is 3. The molecular weight excluding hydrogens is 456 g/mol. The lowest BCUT2D eigenvalue weighted by Crippen LogP contribution is -2.53. The van der Waals surface area contributed by atoms with E-state index in [4.69, 9.17) is 0 Å². The van der Waals surface area contributed by atoms with Crippen molar-refractivity contribution in [3.05, 3.63) is 89.5 Å². The van der Waals surface area contributed by atoms with Crippen LogP contribution in [0.15, 0.2) is 66.7 Å². The number of hydrogen-bond donors (Lipinski definition) is 3. The number of phenolic OH excluding ortho intramolecular Hbond substituents is 1.